The number of halogens is 5. The van der Waals surface area contributed by atoms with Crippen LogP contribution in [0.4, 0.5) is 0 Å². The van der Waals surface area contributed by atoms with Gasteiger partial charge >= 0.3 is 0 Å². The van der Waals surface area contributed by atoms with Gasteiger partial charge in [-0.25, -0.2) is 4.68 Å². The molecule has 3 aromatic heterocycles. The van der Waals surface area contributed by atoms with E-state index in [-0.39, 0.29) is 24.3 Å². The van der Waals surface area contributed by atoms with Crippen molar-refractivity contribution >= 4 is 80.1 Å². The number of aliphatic hydroxyl groups is 2. The van der Waals surface area contributed by atoms with Crippen LogP contribution in [0.25, 0.3) is 27.8 Å². The van der Waals surface area contributed by atoms with Gasteiger partial charge in [-0.2, -0.15) is 0 Å². The Kier molecular flexibility index (Phi) is 12.5. The number of aromatic nitrogens is 7. The molecule has 0 saturated heterocycles. The number of fused-ring (bicyclic) bond motifs is 2. The van der Waals surface area contributed by atoms with Crippen molar-refractivity contribution < 1.29 is 10.2 Å². The first-order valence-electron chi connectivity index (χ1n) is 17.8. The summed E-state index contributed by atoms with van der Waals surface area (Å²) in [6.07, 6.45) is 5.55. The largest absolute Gasteiger partial charge is 0.387 e. The molecule has 0 fully saturated rings. The lowest BCUT2D eigenvalue weighted by Gasteiger charge is -2.13. The van der Waals surface area contributed by atoms with Crippen LogP contribution in [0.3, 0.4) is 0 Å². The molecule has 5 aromatic carbocycles. The second kappa shape index (κ2) is 17.7. The van der Waals surface area contributed by atoms with E-state index in [2.05, 4.69) is 16.2 Å². The molecule has 8 aromatic rings. The van der Waals surface area contributed by atoms with Gasteiger partial charge in [-0.15, -0.1) is 11.5 Å². The third-order valence-electron chi connectivity index (χ3n) is 9.52. The van der Waals surface area contributed by atoms with Crippen LogP contribution in [0.15, 0.2) is 115 Å². The molecule has 4 N–H and O–H groups in total. The van der Waals surface area contributed by atoms with Gasteiger partial charge in [-0.05, 0) is 83.9 Å². The Balaban J connectivity index is 0.000000188. The smallest absolute Gasteiger partial charge is 0.203 e. The summed E-state index contributed by atoms with van der Waals surface area (Å²) in [5, 5.41) is 49.4. The predicted octanol–water partition coefficient (Wildman–Crippen LogP) is 8.84. The number of hydrogen-bond donors (Lipinski definition) is 4. The van der Waals surface area contributed by atoms with Crippen molar-refractivity contribution in [3.63, 3.8) is 0 Å². The Morgan fingerprint density at radius 3 is 1.55 bits per heavy atom. The molecule has 0 radical (unpaired) electrons. The summed E-state index contributed by atoms with van der Waals surface area (Å²) < 4.78 is 8.75. The molecule has 0 bridgehead atoms. The Morgan fingerprint density at radius 2 is 1.07 bits per heavy atom. The van der Waals surface area contributed by atoms with Crippen LogP contribution in [0, 0.1) is 23.2 Å². The molecule has 2 unspecified atom stereocenters. The van der Waals surface area contributed by atoms with E-state index in [0.29, 0.717) is 55.0 Å². The van der Waals surface area contributed by atoms with E-state index >= 15 is 0 Å². The lowest BCUT2D eigenvalue weighted by Crippen LogP contribution is -2.27. The maximum absolute atomic E-state index is 10.9. The Labute approximate surface area is 357 Å². The van der Waals surface area contributed by atoms with Crippen LogP contribution in [0.2, 0.25) is 25.1 Å². The van der Waals surface area contributed by atoms with Crippen LogP contribution < -0.4 is 11.2 Å². The van der Waals surface area contributed by atoms with Gasteiger partial charge in [-0.1, -0.05) is 106 Å². The van der Waals surface area contributed by atoms with Crippen LogP contribution in [-0.2, 0) is 26.2 Å². The van der Waals surface area contributed by atoms with Gasteiger partial charge in [-0.3, -0.25) is 15.4 Å². The molecule has 11 nitrogen and oxygen atoms in total. The van der Waals surface area contributed by atoms with Crippen LogP contribution in [0.5, 0.6) is 0 Å². The van der Waals surface area contributed by atoms with E-state index in [4.69, 9.17) is 75.2 Å². The molecule has 3 heterocycles. The number of rotatable bonds is 10. The number of nitrogens with one attached hydrogen (secondary N) is 2. The van der Waals surface area contributed by atoms with Gasteiger partial charge in [0, 0.05) is 5.02 Å². The first kappa shape index (κ1) is 40.9. The average Bonchev–Trinajstić information content (AvgIpc) is 3.88. The summed E-state index contributed by atoms with van der Waals surface area (Å²) in [5.74, 6) is 2.56. The molecule has 0 aliphatic rings. The third kappa shape index (κ3) is 8.60. The Morgan fingerprint density at radius 1 is 0.603 bits per heavy atom. The molecule has 0 spiro atoms. The van der Waals surface area contributed by atoms with E-state index in [0.717, 1.165) is 27.8 Å². The van der Waals surface area contributed by atoms with Gasteiger partial charge in [0.1, 0.15) is 5.69 Å². The van der Waals surface area contributed by atoms with Crippen molar-refractivity contribution in [1.29, 1.82) is 10.8 Å². The normalized spacial score (nSPS) is 12.3. The summed E-state index contributed by atoms with van der Waals surface area (Å²) in [5.41, 5.74) is 6.68. The van der Waals surface area contributed by atoms with Crippen molar-refractivity contribution in [3.8, 4) is 18.0 Å². The summed E-state index contributed by atoms with van der Waals surface area (Å²) in [4.78, 5) is 0. The number of aliphatic hydroxyl groups excluding tert-OH is 2. The highest BCUT2D eigenvalue weighted by atomic mass is 35.5. The summed E-state index contributed by atoms with van der Waals surface area (Å²) in [7, 11) is 0. The van der Waals surface area contributed by atoms with E-state index in [1.807, 2.05) is 71.4 Å². The highest BCUT2D eigenvalue weighted by molar-refractivity contribution is 6.42. The predicted molar refractivity (Wildman–Crippen MR) is 229 cm³/mol. The van der Waals surface area contributed by atoms with E-state index in [1.165, 1.54) is 0 Å². The van der Waals surface area contributed by atoms with Crippen LogP contribution >= 0.6 is 58.0 Å². The van der Waals surface area contributed by atoms with Gasteiger partial charge in [0.05, 0.1) is 92.4 Å². The van der Waals surface area contributed by atoms with E-state index < -0.39 is 12.2 Å². The number of hydrogen-bond acceptors (Lipinski definition) is 6. The first-order chi connectivity index (χ1) is 27.9. The molecule has 0 saturated carbocycles. The summed E-state index contributed by atoms with van der Waals surface area (Å²) in [6, 6.07) is 32.7. The molecular weight excluding hydrogens is 840 g/mol. The molecule has 8 rings (SSSR count). The maximum Gasteiger partial charge on any atom is 0.203 e. The minimum Gasteiger partial charge on any atom is -0.387 e. The fourth-order valence-electron chi connectivity index (χ4n) is 6.62. The van der Waals surface area contributed by atoms with E-state index in [1.54, 1.807) is 66.9 Å². The second-order valence-electron chi connectivity index (χ2n) is 13.2. The zero-order valence-electron chi connectivity index (χ0n) is 30.4. The molecule has 16 heteroatoms. The van der Waals surface area contributed by atoms with Crippen molar-refractivity contribution in [2.24, 2.45) is 0 Å². The topological polar surface area (TPSA) is 139 Å². The monoisotopic (exact) mass is 871 g/mol. The van der Waals surface area contributed by atoms with Crippen molar-refractivity contribution in [3.05, 3.63) is 169 Å². The third-order valence-corrected chi connectivity index (χ3v) is 11.2. The summed E-state index contributed by atoms with van der Waals surface area (Å²) in [6.45, 7) is 1.05. The van der Waals surface area contributed by atoms with Crippen molar-refractivity contribution in [2.75, 3.05) is 0 Å². The maximum atomic E-state index is 10.9. The minimum absolute atomic E-state index is 0.182. The lowest BCUT2D eigenvalue weighted by molar-refractivity contribution is 0.155. The van der Waals surface area contributed by atoms with Gasteiger partial charge in [0.2, 0.25) is 11.2 Å². The highest BCUT2D eigenvalue weighted by Crippen LogP contribution is 2.28. The molecule has 0 amide bonds. The second-order valence-corrected chi connectivity index (χ2v) is 15.3. The quantitative estimate of drug-likeness (QED) is 0.102. The van der Waals surface area contributed by atoms with E-state index in [9.17, 15) is 10.2 Å². The van der Waals surface area contributed by atoms with Crippen LogP contribution in [0.1, 0.15) is 29.0 Å². The van der Waals surface area contributed by atoms with Gasteiger partial charge in [0.25, 0.3) is 0 Å². The fourth-order valence-corrected chi connectivity index (χ4v) is 7.36. The molecule has 2 atom stereocenters. The number of benzene rings is 5. The van der Waals surface area contributed by atoms with Gasteiger partial charge < -0.3 is 23.9 Å². The molecular formula is C42H34Cl5N9O2. The fraction of sp³-hybridized carbons (Fsp3) is 0.143. The molecule has 294 valence electrons. The van der Waals surface area contributed by atoms with Gasteiger partial charge in [0.15, 0.2) is 0 Å². The average molecular weight is 874 g/mol. The zero-order chi connectivity index (χ0) is 41.1. The lowest BCUT2D eigenvalue weighted by atomic mass is 10.1. The molecule has 0 aliphatic carbocycles. The van der Waals surface area contributed by atoms with Crippen LogP contribution in [-0.4, -0.2) is 43.5 Å². The standard InChI is InChI=1S/C24H19Cl3N6O.C18H15Cl2N3O/c25-16-6-8-18(9-7-16)33-13-17(29-30-33)12-31-21-3-1-2-4-22(21)32(24(31)28)14-23(34)15-5-10-19(26)20(27)11-15;1-2-9-22-15-5-3-4-6-16(15)23(18(22)21)11-17(24)12-7-8-13(19)14(20)10-12/h1-11,13,23,28,34H,12,14H2;1,3-8,10,17,21,24H,9,11H2. The van der Waals surface area contributed by atoms with Crippen molar-refractivity contribution in [2.45, 2.75) is 38.4 Å². The number of terminal acetylenes is 1. The first-order valence-corrected chi connectivity index (χ1v) is 19.6. The highest BCUT2D eigenvalue weighted by Gasteiger charge is 2.18. The Hall–Kier alpha value is -5.29. The number of imidazole rings is 2. The van der Waals surface area contributed by atoms with Crippen molar-refractivity contribution in [1.82, 2.24) is 33.3 Å². The molecule has 58 heavy (non-hydrogen) atoms. The Bertz CT molecular complexity index is 2920. The number of nitrogens with zero attached hydrogens (tertiary/aromatic N) is 7. The molecule has 0 aliphatic heterocycles. The number of para-hydroxylation sites is 4. The zero-order valence-corrected chi connectivity index (χ0v) is 34.2. The summed E-state index contributed by atoms with van der Waals surface area (Å²) >= 11 is 30.0. The SMILES string of the molecule is C#CCn1c(=N)n(CC(O)c2ccc(Cl)c(Cl)c2)c2ccccc21.N=c1n(Cc2cn(-c3ccc(Cl)cc3)nn2)c2ccccc2n1CC(O)c1ccc(Cl)c(Cl)c1. The minimum atomic E-state index is -0.867.